The molecule has 82 valence electrons. The normalized spacial score (nSPS) is 18.8. The van der Waals surface area contributed by atoms with Crippen LogP contribution >= 0.6 is 0 Å². The molecule has 0 bridgehead atoms. The second-order valence-corrected chi connectivity index (χ2v) is 4.85. The zero-order valence-corrected chi connectivity index (χ0v) is 8.85. The van der Waals surface area contributed by atoms with Crippen LogP contribution in [0.4, 0.5) is 20.2 Å². The molecule has 0 atom stereocenters. The number of nitrogens with zero attached hydrogens (tertiary/aromatic N) is 1. The number of hydrogen-bond acceptors (Lipinski definition) is 2. The Balaban J connectivity index is 2.30. The summed E-state index contributed by atoms with van der Waals surface area (Å²) < 4.78 is 26.3. The Labute approximate surface area is 87.7 Å². The van der Waals surface area contributed by atoms with E-state index in [1.54, 1.807) is 0 Å². The maximum atomic E-state index is 13.5. The molecule has 2 nitrogen and oxygen atoms in total. The van der Waals surface area contributed by atoms with E-state index in [4.69, 9.17) is 5.73 Å². The van der Waals surface area contributed by atoms with Gasteiger partial charge < -0.3 is 10.6 Å². The minimum Gasteiger partial charge on any atom is -0.397 e. The predicted octanol–water partition coefficient (Wildman–Crippen LogP) is 2.39. The average Bonchev–Trinajstić information content (AvgIpc) is 1.98. The molecule has 1 aromatic rings. The molecule has 0 aliphatic carbocycles. The van der Waals surface area contributed by atoms with E-state index in [9.17, 15) is 8.78 Å². The van der Waals surface area contributed by atoms with Crippen molar-refractivity contribution in [1.29, 1.82) is 0 Å². The molecule has 0 saturated carbocycles. The van der Waals surface area contributed by atoms with Gasteiger partial charge in [0, 0.05) is 19.2 Å². The van der Waals surface area contributed by atoms with E-state index in [0.717, 1.165) is 25.2 Å². The summed E-state index contributed by atoms with van der Waals surface area (Å²) in [5.41, 5.74) is 6.29. The standard InChI is InChI=1S/C11H14F2N2/c1-11(2)5-15(6-11)10-8(13)3-7(12)4-9(10)14/h3-4H,5-6,14H2,1-2H3. The number of anilines is 2. The van der Waals surface area contributed by atoms with Crippen molar-refractivity contribution in [2.45, 2.75) is 13.8 Å². The number of halogens is 2. The zero-order valence-electron chi connectivity index (χ0n) is 8.85. The maximum Gasteiger partial charge on any atom is 0.151 e. The third-order valence-electron chi connectivity index (χ3n) is 2.61. The summed E-state index contributed by atoms with van der Waals surface area (Å²) in [6, 6.07) is 2.03. The highest BCUT2D eigenvalue weighted by molar-refractivity contribution is 5.69. The van der Waals surface area contributed by atoms with Crippen LogP contribution in [0.15, 0.2) is 12.1 Å². The van der Waals surface area contributed by atoms with Crippen molar-refractivity contribution in [3.63, 3.8) is 0 Å². The molecule has 2 N–H and O–H groups in total. The number of nitrogen functional groups attached to an aromatic ring is 1. The van der Waals surface area contributed by atoms with Crippen molar-refractivity contribution >= 4 is 11.4 Å². The first-order chi connectivity index (χ1) is 6.89. The smallest absolute Gasteiger partial charge is 0.151 e. The second-order valence-electron chi connectivity index (χ2n) is 4.85. The summed E-state index contributed by atoms with van der Waals surface area (Å²) in [4.78, 5) is 1.84. The summed E-state index contributed by atoms with van der Waals surface area (Å²) in [6.07, 6.45) is 0. The summed E-state index contributed by atoms with van der Waals surface area (Å²) in [6.45, 7) is 5.70. The molecule has 1 aromatic carbocycles. The maximum absolute atomic E-state index is 13.5. The fourth-order valence-electron chi connectivity index (χ4n) is 2.06. The molecular weight excluding hydrogens is 198 g/mol. The van der Waals surface area contributed by atoms with Crippen LogP contribution in [0.1, 0.15) is 13.8 Å². The lowest BCUT2D eigenvalue weighted by atomic mass is 9.84. The molecule has 0 spiro atoms. The lowest BCUT2D eigenvalue weighted by Gasteiger charge is -2.47. The van der Waals surface area contributed by atoms with Crippen molar-refractivity contribution in [2.24, 2.45) is 5.41 Å². The lowest BCUT2D eigenvalue weighted by Crippen LogP contribution is -2.53. The van der Waals surface area contributed by atoms with Crippen molar-refractivity contribution in [2.75, 3.05) is 23.7 Å². The molecule has 15 heavy (non-hydrogen) atoms. The van der Waals surface area contributed by atoms with Gasteiger partial charge in [0.25, 0.3) is 0 Å². The monoisotopic (exact) mass is 212 g/mol. The molecule has 0 amide bonds. The van der Waals surface area contributed by atoms with Gasteiger partial charge in [0.2, 0.25) is 0 Å². The Morgan fingerprint density at radius 1 is 1.27 bits per heavy atom. The zero-order chi connectivity index (χ0) is 11.2. The van der Waals surface area contributed by atoms with E-state index >= 15 is 0 Å². The Bertz CT molecular complexity index is 371. The van der Waals surface area contributed by atoms with Crippen molar-refractivity contribution in [3.05, 3.63) is 23.8 Å². The summed E-state index contributed by atoms with van der Waals surface area (Å²) in [5.74, 6) is -1.21. The van der Waals surface area contributed by atoms with E-state index in [-0.39, 0.29) is 11.1 Å². The second kappa shape index (κ2) is 3.08. The number of benzene rings is 1. The molecular formula is C11H14F2N2. The van der Waals surface area contributed by atoms with Crippen LogP contribution in [0, 0.1) is 17.0 Å². The molecule has 4 heteroatoms. The van der Waals surface area contributed by atoms with Gasteiger partial charge in [-0.25, -0.2) is 8.78 Å². The molecule has 1 aliphatic rings. The van der Waals surface area contributed by atoms with Crippen LogP contribution in [0.2, 0.25) is 0 Å². The molecule has 1 heterocycles. The van der Waals surface area contributed by atoms with Crippen LogP contribution in [0.5, 0.6) is 0 Å². The van der Waals surface area contributed by atoms with E-state index in [2.05, 4.69) is 13.8 Å². The number of hydrogen-bond donors (Lipinski definition) is 1. The Morgan fingerprint density at radius 3 is 2.33 bits per heavy atom. The van der Waals surface area contributed by atoms with Gasteiger partial charge in [0.05, 0.1) is 11.4 Å². The third kappa shape index (κ3) is 1.76. The molecule has 1 fully saturated rings. The summed E-state index contributed by atoms with van der Waals surface area (Å²) in [5, 5.41) is 0. The molecule has 2 rings (SSSR count). The van der Waals surface area contributed by atoms with Gasteiger partial charge in [-0.3, -0.25) is 0 Å². The van der Waals surface area contributed by atoms with Gasteiger partial charge in [-0.2, -0.15) is 0 Å². The Hall–Kier alpha value is -1.32. The highest BCUT2D eigenvalue weighted by Gasteiger charge is 2.36. The van der Waals surface area contributed by atoms with Crippen LogP contribution in [0.25, 0.3) is 0 Å². The van der Waals surface area contributed by atoms with Gasteiger partial charge in [-0.05, 0) is 11.5 Å². The van der Waals surface area contributed by atoms with Gasteiger partial charge in [-0.15, -0.1) is 0 Å². The minimum absolute atomic E-state index is 0.169. The van der Waals surface area contributed by atoms with Crippen molar-refractivity contribution in [3.8, 4) is 0 Å². The largest absolute Gasteiger partial charge is 0.397 e. The first-order valence-corrected chi connectivity index (χ1v) is 4.88. The van der Waals surface area contributed by atoms with E-state index in [1.807, 2.05) is 4.90 Å². The highest BCUT2D eigenvalue weighted by atomic mass is 19.1. The summed E-state index contributed by atoms with van der Waals surface area (Å²) >= 11 is 0. The van der Waals surface area contributed by atoms with Crippen LogP contribution in [-0.4, -0.2) is 13.1 Å². The molecule has 1 saturated heterocycles. The van der Waals surface area contributed by atoms with Gasteiger partial charge in [0.15, 0.2) is 5.82 Å². The minimum atomic E-state index is -0.631. The fourth-order valence-corrected chi connectivity index (χ4v) is 2.06. The predicted molar refractivity (Wildman–Crippen MR) is 56.8 cm³/mol. The van der Waals surface area contributed by atoms with Gasteiger partial charge >= 0.3 is 0 Å². The molecule has 0 unspecified atom stereocenters. The van der Waals surface area contributed by atoms with Crippen LogP contribution in [0.3, 0.4) is 0 Å². The number of rotatable bonds is 1. The van der Waals surface area contributed by atoms with Gasteiger partial charge in [0.1, 0.15) is 5.82 Å². The van der Waals surface area contributed by atoms with Crippen molar-refractivity contribution in [1.82, 2.24) is 0 Å². The lowest BCUT2D eigenvalue weighted by molar-refractivity contribution is 0.274. The first kappa shape index (κ1) is 10.2. The average molecular weight is 212 g/mol. The SMILES string of the molecule is CC1(C)CN(c2c(N)cc(F)cc2F)C1. The topological polar surface area (TPSA) is 29.3 Å². The number of nitrogens with two attached hydrogens (primary N) is 1. The highest BCUT2D eigenvalue weighted by Crippen LogP contribution is 2.38. The Kier molecular flexibility index (Phi) is 2.10. The van der Waals surface area contributed by atoms with E-state index < -0.39 is 11.6 Å². The molecule has 0 radical (unpaired) electrons. The van der Waals surface area contributed by atoms with Gasteiger partial charge in [-0.1, -0.05) is 13.8 Å². The van der Waals surface area contributed by atoms with E-state index in [1.165, 1.54) is 0 Å². The first-order valence-electron chi connectivity index (χ1n) is 4.88. The summed E-state index contributed by atoms with van der Waals surface area (Å²) in [7, 11) is 0. The van der Waals surface area contributed by atoms with E-state index in [0.29, 0.717) is 5.69 Å². The van der Waals surface area contributed by atoms with Crippen LogP contribution in [-0.2, 0) is 0 Å². The Morgan fingerprint density at radius 2 is 1.87 bits per heavy atom. The third-order valence-corrected chi connectivity index (χ3v) is 2.61. The fraction of sp³-hybridized carbons (Fsp3) is 0.455. The quantitative estimate of drug-likeness (QED) is 0.724. The molecule has 0 aromatic heterocycles. The molecule has 1 aliphatic heterocycles. The van der Waals surface area contributed by atoms with Crippen molar-refractivity contribution < 1.29 is 8.78 Å². The van der Waals surface area contributed by atoms with Crippen LogP contribution < -0.4 is 10.6 Å².